The van der Waals surface area contributed by atoms with Crippen molar-refractivity contribution in [2.75, 3.05) is 4.90 Å². The second-order valence-electron chi connectivity index (χ2n) is 4.13. The molecule has 18 heavy (non-hydrogen) atoms. The first-order valence-electron chi connectivity index (χ1n) is 5.59. The molecule has 0 atom stereocenters. The summed E-state index contributed by atoms with van der Waals surface area (Å²) in [5.74, 6) is -0.243. The minimum Gasteiger partial charge on any atom is -0.268 e. The first-order chi connectivity index (χ1) is 8.70. The number of benzene rings is 1. The van der Waals surface area contributed by atoms with E-state index >= 15 is 0 Å². The van der Waals surface area contributed by atoms with E-state index in [4.69, 9.17) is 0 Å². The van der Waals surface area contributed by atoms with E-state index in [1.54, 1.807) is 36.5 Å². The summed E-state index contributed by atoms with van der Waals surface area (Å²) in [7, 11) is 0. The van der Waals surface area contributed by atoms with Gasteiger partial charge in [-0.25, -0.2) is 9.88 Å². The molecule has 2 amide bonds. The molecule has 1 aliphatic heterocycles. The summed E-state index contributed by atoms with van der Waals surface area (Å²) in [6.07, 6.45) is 1.56. The van der Waals surface area contributed by atoms with E-state index in [0.29, 0.717) is 16.9 Å². The minimum absolute atomic E-state index is 0.299. The predicted octanol–water partition coefficient (Wildman–Crippen LogP) is 2.19. The van der Waals surface area contributed by atoms with Crippen LogP contribution in [0.3, 0.4) is 0 Å². The smallest absolute Gasteiger partial charge is 0.267 e. The molecule has 3 rings (SSSR count). The van der Waals surface area contributed by atoms with Crippen molar-refractivity contribution in [2.24, 2.45) is 0 Å². The first-order valence-corrected chi connectivity index (χ1v) is 5.59. The Bertz CT molecular complexity index is 650. The number of pyridine rings is 1. The molecule has 4 nitrogen and oxygen atoms in total. The lowest BCUT2D eigenvalue weighted by Gasteiger charge is -2.11. The molecule has 0 aliphatic carbocycles. The Balaban J connectivity index is 2.17. The zero-order valence-corrected chi connectivity index (χ0v) is 9.75. The van der Waals surface area contributed by atoms with Crippen LogP contribution in [0.1, 0.15) is 26.3 Å². The van der Waals surface area contributed by atoms with Gasteiger partial charge < -0.3 is 0 Å². The van der Waals surface area contributed by atoms with E-state index in [1.165, 1.54) is 0 Å². The highest BCUT2D eigenvalue weighted by Crippen LogP contribution is 2.28. The fourth-order valence-corrected chi connectivity index (χ4v) is 2.15. The zero-order chi connectivity index (χ0) is 12.7. The van der Waals surface area contributed by atoms with Gasteiger partial charge in [0.15, 0.2) is 0 Å². The molecule has 1 aromatic heterocycles. The van der Waals surface area contributed by atoms with Gasteiger partial charge in [-0.3, -0.25) is 9.59 Å². The van der Waals surface area contributed by atoms with Gasteiger partial charge >= 0.3 is 0 Å². The maximum atomic E-state index is 12.3. The summed E-state index contributed by atoms with van der Waals surface area (Å²) in [5.41, 5.74) is 1.74. The number of amides is 2. The van der Waals surface area contributed by atoms with Crippen molar-refractivity contribution in [3.63, 3.8) is 0 Å². The van der Waals surface area contributed by atoms with Crippen LogP contribution in [0.2, 0.25) is 0 Å². The molecular formula is C14H10N2O2. The van der Waals surface area contributed by atoms with Crippen LogP contribution in [-0.4, -0.2) is 16.8 Å². The van der Waals surface area contributed by atoms with Gasteiger partial charge in [0.2, 0.25) is 0 Å². The number of nitrogens with zero attached hydrogens (tertiary/aromatic N) is 2. The van der Waals surface area contributed by atoms with E-state index in [1.807, 2.05) is 13.0 Å². The van der Waals surface area contributed by atoms with Crippen LogP contribution < -0.4 is 4.90 Å². The average molecular weight is 238 g/mol. The van der Waals surface area contributed by atoms with Gasteiger partial charge in [0.1, 0.15) is 5.82 Å². The zero-order valence-electron chi connectivity index (χ0n) is 9.75. The highest BCUT2D eigenvalue weighted by Gasteiger charge is 2.38. The number of carbonyl (C=O) groups is 2. The normalized spacial score (nSPS) is 13.9. The van der Waals surface area contributed by atoms with E-state index < -0.39 is 0 Å². The molecule has 0 unspecified atom stereocenters. The van der Waals surface area contributed by atoms with Gasteiger partial charge in [-0.05, 0) is 30.7 Å². The van der Waals surface area contributed by atoms with Crippen LogP contribution in [0.15, 0.2) is 42.6 Å². The quantitative estimate of drug-likeness (QED) is 0.715. The highest BCUT2D eigenvalue weighted by atomic mass is 16.2. The minimum atomic E-state index is -0.308. The van der Waals surface area contributed by atoms with Crippen molar-refractivity contribution >= 4 is 17.6 Å². The van der Waals surface area contributed by atoms with E-state index in [2.05, 4.69) is 4.98 Å². The van der Waals surface area contributed by atoms with Gasteiger partial charge in [0.25, 0.3) is 11.8 Å². The molecule has 88 valence electrons. The summed E-state index contributed by atoms with van der Waals surface area (Å²) in [4.78, 5) is 29.7. The number of anilines is 1. The third kappa shape index (κ3) is 1.35. The van der Waals surface area contributed by atoms with Crippen LogP contribution in [-0.2, 0) is 0 Å². The summed E-state index contributed by atoms with van der Waals surface area (Å²) in [5, 5.41) is 0. The number of imide groups is 1. The molecule has 0 bridgehead atoms. The second-order valence-corrected chi connectivity index (χ2v) is 4.13. The van der Waals surface area contributed by atoms with Crippen molar-refractivity contribution in [1.29, 1.82) is 0 Å². The second kappa shape index (κ2) is 3.77. The summed E-state index contributed by atoms with van der Waals surface area (Å²) < 4.78 is 0. The van der Waals surface area contributed by atoms with Crippen molar-refractivity contribution in [2.45, 2.75) is 6.92 Å². The molecule has 2 aromatic rings. The third-order valence-corrected chi connectivity index (χ3v) is 3.00. The Labute approximate surface area is 104 Å². The summed E-state index contributed by atoms with van der Waals surface area (Å²) in [6, 6.07) is 10.4. The Kier molecular flexibility index (Phi) is 2.23. The molecule has 0 saturated carbocycles. The molecule has 0 radical (unpaired) electrons. The van der Waals surface area contributed by atoms with Crippen LogP contribution in [0, 0.1) is 6.92 Å². The molecule has 2 heterocycles. The van der Waals surface area contributed by atoms with Crippen molar-refractivity contribution in [3.8, 4) is 0 Å². The summed E-state index contributed by atoms with van der Waals surface area (Å²) >= 11 is 0. The molecule has 1 aliphatic rings. The standard InChI is InChI=1S/C14H10N2O2/c1-9-5-4-6-10-12(9)14(18)16(13(10)17)11-7-2-3-8-15-11/h2-8H,1H3. The number of carbonyl (C=O) groups excluding carboxylic acids is 2. The average Bonchev–Trinajstić information content (AvgIpc) is 2.64. The largest absolute Gasteiger partial charge is 0.268 e. The van der Waals surface area contributed by atoms with Crippen LogP contribution in [0.25, 0.3) is 0 Å². The van der Waals surface area contributed by atoms with E-state index in [0.717, 1.165) is 10.5 Å². The lowest BCUT2D eigenvalue weighted by atomic mass is 10.0. The van der Waals surface area contributed by atoms with Crippen LogP contribution in [0.4, 0.5) is 5.82 Å². The number of rotatable bonds is 1. The maximum Gasteiger partial charge on any atom is 0.267 e. The van der Waals surface area contributed by atoms with Crippen molar-refractivity contribution in [1.82, 2.24) is 4.98 Å². The maximum absolute atomic E-state index is 12.3. The van der Waals surface area contributed by atoms with Crippen LogP contribution >= 0.6 is 0 Å². The predicted molar refractivity (Wildman–Crippen MR) is 66.6 cm³/mol. The first kappa shape index (κ1) is 10.7. The SMILES string of the molecule is Cc1cccc2c1C(=O)N(c1ccccn1)C2=O. The summed E-state index contributed by atoms with van der Waals surface area (Å²) in [6.45, 7) is 1.83. The fraction of sp³-hybridized carbons (Fsp3) is 0.0714. The lowest BCUT2D eigenvalue weighted by Crippen LogP contribution is -2.30. The highest BCUT2D eigenvalue weighted by molar-refractivity contribution is 6.34. The number of aromatic nitrogens is 1. The number of fused-ring (bicyclic) bond motifs is 1. The van der Waals surface area contributed by atoms with Gasteiger partial charge in [-0.2, -0.15) is 0 Å². The molecule has 4 heteroatoms. The van der Waals surface area contributed by atoms with E-state index in [-0.39, 0.29) is 11.8 Å². The monoisotopic (exact) mass is 238 g/mol. The lowest BCUT2D eigenvalue weighted by molar-refractivity contribution is 0.0925. The molecule has 0 saturated heterocycles. The Hall–Kier alpha value is -2.49. The number of hydrogen-bond donors (Lipinski definition) is 0. The third-order valence-electron chi connectivity index (χ3n) is 3.00. The van der Waals surface area contributed by atoms with Gasteiger partial charge in [0.05, 0.1) is 11.1 Å². The molecule has 0 spiro atoms. The molecular weight excluding hydrogens is 228 g/mol. The molecule has 1 aromatic carbocycles. The van der Waals surface area contributed by atoms with Gasteiger partial charge in [-0.15, -0.1) is 0 Å². The number of hydrogen-bond acceptors (Lipinski definition) is 3. The van der Waals surface area contributed by atoms with Crippen LogP contribution in [0.5, 0.6) is 0 Å². The topological polar surface area (TPSA) is 50.3 Å². The number of aryl methyl sites for hydroxylation is 1. The Morgan fingerprint density at radius 2 is 1.83 bits per heavy atom. The van der Waals surface area contributed by atoms with E-state index in [9.17, 15) is 9.59 Å². The van der Waals surface area contributed by atoms with Gasteiger partial charge in [-0.1, -0.05) is 18.2 Å². The molecule has 0 fully saturated rings. The fourth-order valence-electron chi connectivity index (χ4n) is 2.15. The molecule has 0 N–H and O–H groups in total. The Morgan fingerprint density at radius 1 is 1.00 bits per heavy atom. The van der Waals surface area contributed by atoms with Crippen molar-refractivity contribution < 1.29 is 9.59 Å². The Morgan fingerprint density at radius 3 is 2.50 bits per heavy atom. The van der Waals surface area contributed by atoms with Crippen molar-refractivity contribution in [3.05, 3.63) is 59.3 Å². The van der Waals surface area contributed by atoms with Gasteiger partial charge in [0, 0.05) is 6.20 Å².